The molecule has 1 amide bonds. The van der Waals surface area contributed by atoms with E-state index < -0.39 is 0 Å². The van der Waals surface area contributed by atoms with Gasteiger partial charge in [0.2, 0.25) is 0 Å². The quantitative estimate of drug-likeness (QED) is 0.478. The molecule has 148 valence electrons. The monoisotopic (exact) mass is 427 g/mol. The lowest BCUT2D eigenvalue weighted by molar-refractivity contribution is 0.0956. The topological polar surface area (TPSA) is 81.3 Å². The van der Waals surface area contributed by atoms with E-state index in [1.807, 2.05) is 31.2 Å². The minimum atomic E-state index is -0.184. The van der Waals surface area contributed by atoms with Crippen LogP contribution in [-0.4, -0.2) is 31.6 Å². The number of aromatic nitrogens is 4. The normalized spacial score (nSPS) is 11.1. The molecule has 4 rings (SSSR count). The number of carbonyl (C=O) groups excluding carboxylic acids is 1. The lowest BCUT2D eigenvalue weighted by Crippen LogP contribution is -2.27. The van der Waals surface area contributed by atoms with Crippen LogP contribution in [0.25, 0.3) is 16.2 Å². The molecule has 0 spiro atoms. The standard InChI is InChI=1S/C20H18ClN5O2S/c1-13-17(29-19(23-13)14-6-4-7-15(21)12-14)18(27)22-9-5-11-26-20(28)25-10-3-2-8-16(25)24-26/h2-4,6-8,10,12H,5,9,11H2,1H3,(H,22,27). The van der Waals surface area contributed by atoms with Crippen molar-refractivity contribution in [3.63, 3.8) is 0 Å². The van der Waals surface area contributed by atoms with Gasteiger partial charge in [0.1, 0.15) is 9.88 Å². The van der Waals surface area contributed by atoms with Crippen LogP contribution >= 0.6 is 22.9 Å². The number of aryl methyl sites for hydroxylation is 2. The van der Waals surface area contributed by atoms with Crippen molar-refractivity contribution < 1.29 is 4.79 Å². The largest absolute Gasteiger partial charge is 0.351 e. The number of benzene rings is 1. The first-order valence-corrected chi connectivity index (χ1v) is 10.3. The van der Waals surface area contributed by atoms with E-state index in [0.717, 1.165) is 10.6 Å². The third-order valence-electron chi connectivity index (χ3n) is 4.40. The Labute approximate surface area is 175 Å². The number of rotatable bonds is 6. The lowest BCUT2D eigenvalue weighted by atomic mass is 10.2. The fourth-order valence-corrected chi connectivity index (χ4v) is 4.15. The molecule has 7 nitrogen and oxygen atoms in total. The average molecular weight is 428 g/mol. The zero-order valence-corrected chi connectivity index (χ0v) is 17.2. The molecular weight excluding hydrogens is 410 g/mol. The van der Waals surface area contributed by atoms with Crippen molar-refractivity contribution in [1.29, 1.82) is 0 Å². The fourth-order valence-electron chi connectivity index (χ4n) is 2.98. The second-order valence-electron chi connectivity index (χ2n) is 6.49. The Kier molecular flexibility index (Phi) is 5.46. The van der Waals surface area contributed by atoms with Crippen LogP contribution in [0.4, 0.5) is 0 Å². The first kappa shape index (κ1) is 19.4. The van der Waals surface area contributed by atoms with E-state index in [9.17, 15) is 9.59 Å². The van der Waals surface area contributed by atoms with Gasteiger partial charge in [0.15, 0.2) is 5.65 Å². The van der Waals surface area contributed by atoms with Gasteiger partial charge < -0.3 is 5.32 Å². The van der Waals surface area contributed by atoms with Gasteiger partial charge >= 0.3 is 5.69 Å². The summed E-state index contributed by atoms with van der Waals surface area (Å²) in [5, 5.41) is 8.56. The molecule has 0 aliphatic carbocycles. The summed E-state index contributed by atoms with van der Waals surface area (Å²) in [6.45, 7) is 2.68. The van der Waals surface area contributed by atoms with Gasteiger partial charge in [-0.3, -0.25) is 9.20 Å². The van der Waals surface area contributed by atoms with Crippen LogP contribution in [0, 0.1) is 6.92 Å². The summed E-state index contributed by atoms with van der Waals surface area (Å²) >= 11 is 7.38. The second-order valence-corrected chi connectivity index (χ2v) is 7.92. The molecule has 0 saturated heterocycles. The minimum absolute atomic E-state index is 0.171. The molecule has 0 fully saturated rings. The van der Waals surface area contributed by atoms with E-state index >= 15 is 0 Å². The highest BCUT2D eigenvalue weighted by Crippen LogP contribution is 2.29. The van der Waals surface area contributed by atoms with Gasteiger partial charge in [-0.2, -0.15) is 0 Å². The Bertz CT molecular complexity index is 1240. The highest BCUT2D eigenvalue weighted by molar-refractivity contribution is 7.17. The summed E-state index contributed by atoms with van der Waals surface area (Å²) in [6.07, 6.45) is 2.28. The molecule has 0 radical (unpaired) electrons. The zero-order valence-electron chi connectivity index (χ0n) is 15.6. The number of hydrogen-bond acceptors (Lipinski definition) is 5. The third-order valence-corrected chi connectivity index (χ3v) is 5.84. The molecular formula is C20H18ClN5O2S. The molecule has 0 unspecified atom stereocenters. The highest BCUT2D eigenvalue weighted by Gasteiger charge is 2.16. The van der Waals surface area contributed by atoms with E-state index in [-0.39, 0.29) is 11.6 Å². The number of fused-ring (bicyclic) bond motifs is 1. The van der Waals surface area contributed by atoms with Crippen molar-refractivity contribution in [2.24, 2.45) is 0 Å². The number of carbonyl (C=O) groups is 1. The summed E-state index contributed by atoms with van der Waals surface area (Å²) in [5.41, 5.74) is 1.99. The van der Waals surface area contributed by atoms with E-state index in [4.69, 9.17) is 11.6 Å². The van der Waals surface area contributed by atoms with Gasteiger partial charge in [0.25, 0.3) is 5.91 Å². The molecule has 3 aromatic heterocycles. The van der Waals surface area contributed by atoms with Crippen molar-refractivity contribution in [3.8, 4) is 10.6 Å². The molecule has 0 atom stereocenters. The van der Waals surface area contributed by atoms with Crippen molar-refractivity contribution in [3.05, 3.63) is 74.7 Å². The van der Waals surface area contributed by atoms with Crippen molar-refractivity contribution in [2.45, 2.75) is 19.9 Å². The predicted octanol–water partition coefficient (Wildman–Crippen LogP) is 3.40. The Morgan fingerprint density at radius 1 is 1.24 bits per heavy atom. The Hall–Kier alpha value is -2.97. The SMILES string of the molecule is Cc1nc(-c2cccc(Cl)c2)sc1C(=O)NCCCn1nc2ccccn2c1=O. The van der Waals surface area contributed by atoms with Gasteiger partial charge in [-0.1, -0.05) is 29.8 Å². The van der Waals surface area contributed by atoms with Crippen LogP contribution in [0.1, 0.15) is 21.8 Å². The highest BCUT2D eigenvalue weighted by atomic mass is 35.5. The van der Waals surface area contributed by atoms with E-state index in [1.165, 1.54) is 20.4 Å². The average Bonchev–Trinajstić information content (AvgIpc) is 3.26. The molecule has 0 saturated carbocycles. The Morgan fingerprint density at radius 3 is 2.90 bits per heavy atom. The van der Waals surface area contributed by atoms with Crippen LogP contribution in [0.3, 0.4) is 0 Å². The zero-order chi connectivity index (χ0) is 20.4. The van der Waals surface area contributed by atoms with Gasteiger partial charge in [-0.25, -0.2) is 14.5 Å². The number of halogens is 1. The maximum Gasteiger partial charge on any atom is 0.350 e. The van der Waals surface area contributed by atoms with Crippen LogP contribution < -0.4 is 11.0 Å². The first-order chi connectivity index (χ1) is 14.0. The second kappa shape index (κ2) is 8.18. The van der Waals surface area contributed by atoms with Crippen LogP contribution in [0.5, 0.6) is 0 Å². The number of amides is 1. The molecule has 0 bridgehead atoms. The summed E-state index contributed by atoms with van der Waals surface area (Å²) in [4.78, 5) is 29.9. The lowest BCUT2D eigenvalue weighted by Gasteiger charge is -2.03. The summed E-state index contributed by atoms with van der Waals surface area (Å²) < 4.78 is 2.91. The van der Waals surface area contributed by atoms with Gasteiger partial charge in [-0.15, -0.1) is 16.4 Å². The molecule has 29 heavy (non-hydrogen) atoms. The maximum atomic E-state index is 12.5. The number of hydrogen-bond donors (Lipinski definition) is 1. The van der Waals surface area contributed by atoms with E-state index in [1.54, 1.807) is 24.4 Å². The molecule has 4 aromatic rings. The van der Waals surface area contributed by atoms with Gasteiger partial charge in [-0.05, 0) is 37.6 Å². The first-order valence-electron chi connectivity index (χ1n) is 9.09. The summed E-state index contributed by atoms with van der Waals surface area (Å²) in [7, 11) is 0. The van der Waals surface area contributed by atoms with Crippen molar-refractivity contribution >= 4 is 34.5 Å². The van der Waals surface area contributed by atoms with Crippen molar-refractivity contribution in [1.82, 2.24) is 24.5 Å². The number of nitrogens with one attached hydrogen (secondary N) is 1. The fraction of sp³-hybridized carbons (Fsp3) is 0.200. The predicted molar refractivity (Wildman–Crippen MR) is 114 cm³/mol. The van der Waals surface area contributed by atoms with Crippen molar-refractivity contribution in [2.75, 3.05) is 6.54 Å². The summed E-state index contributed by atoms with van der Waals surface area (Å²) in [5.74, 6) is -0.171. The smallest absolute Gasteiger partial charge is 0.350 e. The molecule has 3 heterocycles. The molecule has 0 aliphatic rings. The number of thiazole rings is 1. The van der Waals surface area contributed by atoms with E-state index in [2.05, 4.69) is 15.4 Å². The number of nitrogens with zero attached hydrogens (tertiary/aromatic N) is 4. The molecule has 1 N–H and O–H groups in total. The van der Waals surface area contributed by atoms with Crippen LogP contribution in [0.15, 0.2) is 53.5 Å². The Morgan fingerprint density at radius 2 is 2.10 bits per heavy atom. The minimum Gasteiger partial charge on any atom is -0.351 e. The molecule has 0 aliphatic heterocycles. The van der Waals surface area contributed by atoms with Crippen LogP contribution in [-0.2, 0) is 6.54 Å². The summed E-state index contributed by atoms with van der Waals surface area (Å²) in [6, 6.07) is 12.8. The molecule has 1 aromatic carbocycles. The maximum absolute atomic E-state index is 12.5. The Balaban J connectivity index is 1.37. The van der Waals surface area contributed by atoms with E-state index in [0.29, 0.717) is 40.8 Å². The van der Waals surface area contributed by atoms with Gasteiger partial charge in [0, 0.05) is 29.9 Å². The third kappa shape index (κ3) is 4.08. The van der Waals surface area contributed by atoms with Gasteiger partial charge in [0.05, 0.1) is 5.69 Å². The molecule has 9 heteroatoms. The van der Waals surface area contributed by atoms with Crippen LogP contribution in [0.2, 0.25) is 5.02 Å². The number of pyridine rings is 1.